The summed E-state index contributed by atoms with van der Waals surface area (Å²) in [6.07, 6.45) is 4.49. The van der Waals surface area contributed by atoms with Crippen LogP contribution in [0.5, 0.6) is 5.75 Å². The van der Waals surface area contributed by atoms with Gasteiger partial charge in [-0.05, 0) is 48.6 Å². The topological polar surface area (TPSA) is 58.6 Å². The van der Waals surface area contributed by atoms with Crippen molar-refractivity contribution in [3.05, 3.63) is 59.7 Å². The summed E-state index contributed by atoms with van der Waals surface area (Å²) < 4.78 is 5.35. The molecule has 0 aromatic heterocycles. The lowest BCUT2D eigenvalue weighted by Crippen LogP contribution is -2.47. The van der Waals surface area contributed by atoms with E-state index in [1.807, 2.05) is 42.5 Å². The first-order chi connectivity index (χ1) is 13.6. The molecule has 0 unspecified atom stereocenters. The zero-order valence-electron chi connectivity index (χ0n) is 16.2. The van der Waals surface area contributed by atoms with Crippen LogP contribution in [0.1, 0.15) is 36.8 Å². The van der Waals surface area contributed by atoms with Gasteiger partial charge in [0, 0.05) is 12.2 Å². The number of ether oxygens (including phenoxy) is 1. The van der Waals surface area contributed by atoms with Gasteiger partial charge < -0.3 is 15.0 Å². The molecule has 5 nitrogen and oxygen atoms in total. The van der Waals surface area contributed by atoms with Gasteiger partial charge in [-0.25, -0.2) is 0 Å². The fraction of sp³-hybridized carbons (Fsp3) is 0.391. The maximum Gasteiger partial charge on any atom is 0.246 e. The minimum absolute atomic E-state index is 0.0267. The third-order valence-corrected chi connectivity index (χ3v) is 6.10. The molecule has 4 rings (SSSR count). The molecule has 0 saturated heterocycles. The Hall–Kier alpha value is -2.82. The average molecular weight is 378 g/mol. The lowest BCUT2D eigenvalue weighted by atomic mass is 9.78. The standard InChI is InChI=1S/C23H26N2O3/c1-28-19-9-6-8-18(15-19)23(12-4-5-13-23)22(27)24-16-21(26)25-14-11-17-7-2-3-10-20(17)25/h2-3,6-10,15H,4-5,11-14,16H2,1H3,(H,24,27). The number of anilines is 1. The second kappa shape index (κ2) is 7.66. The van der Waals surface area contributed by atoms with Crippen LogP contribution in [0.2, 0.25) is 0 Å². The maximum absolute atomic E-state index is 13.2. The molecule has 1 N–H and O–H groups in total. The van der Waals surface area contributed by atoms with Gasteiger partial charge in [0.25, 0.3) is 0 Å². The third kappa shape index (κ3) is 3.26. The van der Waals surface area contributed by atoms with E-state index in [1.165, 1.54) is 5.56 Å². The molecule has 146 valence electrons. The Kier molecular flexibility index (Phi) is 5.07. The summed E-state index contributed by atoms with van der Waals surface area (Å²) in [7, 11) is 1.63. The van der Waals surface area contributed by atoms with Gasteiger partial charge in [0.05, 0.1) is 19.1 Å². The number of hydrogen-bond donors (Lipinski definition) is 1. The van der Waals surface area contributed by atoms with E-state index in [4.69, 9.17) is 4.74 Å². The first-order valence-corrected chi connectivity index (χ1v) is 9.95. The van der Waals surface area contributed by atoms with Crippen LogP contribution in [0.25, 0.3) is 0 Å². The van der Waals surface area contributed by atoms with Crippen molar-refractivity contribution in [2.45, 2.75) is 37.5 Å². The summed E-state index contributed by atoms with van der Waals surface area (Å²) in [4.78, 5) is 27.7. The third-order valence-electron chi connectivity index (χ3n) is 6.10. The molecule has 0 atom stereocenters. The second-order valence-electron chi connectivity index (χ2n) is 7.63. The van der Waals surface area contributed by atoms with Crippen molar-refractivity contribution in [2.75, 3.05) is 25.1 Å². The summed E-state index contributed by atoms with van der Waals surface area (Å²) in [5.41, 5.74) is 2.55. The van der Waals surface area contributed by atoms with E-state index in [9.17, 15) is 9.59 Å². The van der Waals surface area contributed by atoms with Crippen LogP contribution in [-0.4, -0.2) is 32.0 Å². The van der Waals surface area contributed by atoms with Crippen molar-refractivity contribution in [3.8, 4) is 5.75 Å². The monoisotopic (exact) mass is 378 g/mol. The van der Waals surface area contributed by atoms with Crippen LogP contribution in [0.4, 0.5) is 5.69 Å². The molecule has 0 spiro atoms. The van der Waals surface area contributed by atoms with Gasteiger partial charge in [-0.3, -0.25) is 9.59 Å². The number of benzene rings is 2. The highest BCUT2D eigenvalue weighted by molar-refractivity contribution is 5.99. The van der Waals surface area contributed by atoms with E-state index in [1.54, 1.807) is 12.0 Å². The number of hydrogen-bond acceptors (Lipinski definition) is 3. The van der Waals surface area contributed by atoms with Crippen molar-refractivity contribution in [3.63, 3.8) is 0 Å². The molecule has 1 saturated carbocycles. The highest BCUT2D eigenvalue weighted by atomic mass is 16.5. The minimum Gasteiger partial charge on any atom is -0.497 e. The predicted octanol–water partition coefficient (Wildman–Crippen LogP) is 3.21. The smallest absolute Gasteiger partial charge is 0.246 e. The maximum atomic E-state index is 13.2. The Labute approximate surface area is 165 Å². The summed E-state index contributed by atoms with van der Waals surface area (Å²) in [5.74, 6) is 0.637. The van der Waals surface area contributed by atoms with E-state index in [0.29, 0.717) is 6.54 Å². The number of carbonyl (C=O) groups is 2. The molecule has 0 radical (unpaired) electrons. The average Bonchev–Trinajstić information content (AvgIpc) is 3.40. The molecule has 2 aromatic rings. The first kappa shape index (κ1) is 18.5. The van der Waals surface area contributed by atoms with Gasteiger partial charge in [0.2, 0.25) is 11.8 Å². The SMILES string of the molecule is COc1cccc(C2(C(=O)NCC(=O)N3CCc4ccccc43)CCCC2)c1. The Morgan fingerprint density at radius 3 is 2.68 bits per heavy atom. The van der Waals surface area contributed by atoms with Crippen LogP contribution in [-0.2, 0) is 21.4 Å². The van der Waals surface area contributed by atoms with Gasteiger partial charge in [0.1, 0.15) is 5.75 Å². The summed E-state index contributed by atoms with van der Waals surface area (Å²) in [5, 5.41) is 2.94. The van der Waals surface area contributed by atoms with E-state index >= 15 is 0 Å². The molecule has 2 amide bonds. The Morgan fingerprint density at radius 1 is 1.11 bits per heavy atom. The number of carbonyl (C=O) groups excluding carboxylic acids is 2. The van der Waals surface area contributed by atoms with Gasteiger partial charge in [-0.2, -0.15) is 0 Å². The van der Waals surface area contributed by atoms with Crippen LogP contribution in [0.3, 0.4) is 0 Å². The van der Waals surface area contributed by atoms with Crippen molar-refractivity contribution >= 4 is 17.5 Å². The fourth-order valence-electron chi connectivity index (χ4n) is 4.56. The summed E-state index contributed by atoms with van der Waals surface area (Å²) >= 11 is 0. The predicted molar refractivity (Wildman–Crippen MR) is 109 cm³/mol. The Morgan fingerprint density at radius 2 is 1.89 bits per heavy atom. The molecule has 1 aliphatic carbocycles. The van der Waals surface area contributed by atoms with Gasteiger partial charge in [-0.1, -0.05) is 43.2 Å². The molecular formula is C23H26N2O3. The number of rotatable bonds is 5. The summed E-state index contributed by atoms with van der Waals surface area (Å²) in [6, 6.07) is 15.7. The number of nitrogens with zero attached hydrogens (tertiary/aromatic N) is 1. The normalized spacial score (nSPS) is 17.2. The molecule has 2 aliphatic rings. The fourth-order valence-corrected chi connectivity index (χ4v) is 4.56. The van der Waals surface area contributed by atoms with E-state index in [-0.39, 0.29) is 18.4 Å². The number of nitrogens with one attached hydrogen (secondary N) is 1. The van der Waals surface area contributed by atoms with E-state index in [0.717, 1.165) is 49.1 Å². The summed E-state index contributed by atoms with van der Waals surface area (Å²) in [6.45, 7) is 0.702. The molecular weight excluding hydrogens is 352 g/mol. The van der Waals surface area contributed by atoms with Crippen molar-refractivity contribution in [1.29, 1.82) is 0 Å². The van der Waals surface area contributed by atoms with Crippen molar-refractivity contribution in [2.24, 2.45) is 0 Å². The van der Waals surface area contributed by atoms with E-state index in [2.05, 4.69) is 11.4 Å². The number of methoxy groups -OCH3 is 1. The minimum atomic E-state index is -0.572. The van der Waals surface area contributed by atoms with Gasteiger partial charge in [-0.15, -0.1) is 0 Å². The zero-order chi connectivity index (χ0) is 19.6. The molecule has 28 heavy (non-hydrogen) atoms. The molecule has 1 heterocycles. The largest absolute Gasteiger partial charge is 0.497 e. The quantitative estimate of drug-likeness (QED) is 0.869. The van der Waals surface area contributed by atoms with Crippen molar-refractivity contribution in [1.82, 2.24) is 5.32 Å². The molecule has 2 aromatic carbocycles. The van der Waals surface area contributed by atoms with Crippen LogP contribution in [0, 0.1) is 0 Å². The highest BCUT2D eigenvalue weighted by Crippen LogP contribution is 2.42. The second-order valence-corrected chi connectivity index (χ2v) is 7.63. The lowest BCUT2D eigenvalue weighted by Gasteiger charge is -2.29. The van der Waals surface area contributed by atoms with Crippen LogP contribution in [0.15, 0.2) is 48.5 Å². The Bertz CT molecular complexity index is 887. The zero-order valence-corrected chi connectivity index (χ0v) is 16.2. The van der Waals surface area contributed by atoms with Crippen LogP contribution < -0.4 is 15.0 Å². The number of fused-ring (bicyclic) bond motifs is 1. The van der Waals surface area contributed by atoms with Gasteiger partial charge in [0.15, 0.2) is 0 Å². The van der Waals surface area contributed by atoms with E-state index < -0.39 is 5.41 Å². The number of para-hydroxylation sites is 1. The first-order valence-electron chi connectivity index (χ1n) is 9.95. The highest BCUT2D eigenvalue weighted by Gasteiger charge is 2.43. The molecule has 5 heteroatoms. The lowest BCUT2D eigenvalue weighted by molar-refractivity contribution is -0.129. The molecule has 1 fully saturated rings. The molecule has 1 aliphatic heterocycles. The Balaban J connectivity index is 1.48. The van der Waals surface area contributed by atoms with Gasteiger partial charge >= 0.3 is 0 Å². The van der Waals surface area contributed by atoms with Crippen molar-refractivity contribution < 1.29 is 14.3 Å². The van der Waals surface area contributed by atoms with Crippen LogP contribution >= 0.6 is 0 Å². The molecule has 0 bridgehead atoms. The number of amides is 2.